The zero-order valence-corrected chi connectivity index (χ0v) is 15.9. The van der Waals surface area contributed by atoms with Gasteiger partial charge in [-0.05, 0) is 35.9 Å². The van der Waals surface area contributed by atoms with E-state index in [0.717, 1.165) is 28.6 Å². The van der Waals surface area contributed by atoms with Crippen molar-refractivity contribution in [2.24, 2.45) is 0 Å². The molecule has 0 saturated heterocycles. The van der Waals surface area contributed by atoms with E-state index >= 15 is 0 Å². The first-order chi connectivity index (χ1) is 13.4. The van der Waals surface area contributed by atoms with Gasteiger partial charge in [0, 0.05) is 16.8 Å². The van der Waals surface area contributed by atoms with Gasteiger partial charge in [0.15, 0.2) is 5.65 Å². The molecule has 2 heterocycles. The van der Waals surface area contributed by atoms with Gasteiger partial charge in [-0.1, -0.05) is 30.3 Å². The SMILES string of the molecule is CS(=O)(=O)Nc1cccc(-c2ccc3ncc(-c4cccc(CO)c4)n3n2)c1. The highest BCUT2D eigenvalue weighted by Crippen LogP contribution is 2.25. The molecule has 0 radical (unpaired) electrons. The lowest BCUT2D eigenvalue weighted by molar-refractivity contribution is 0.282. The molecule has 7 nitrogen and oxygen atoms in total. The molecule has 0 aliphatic heterocycles. The smallest absolute Gasteiger partial charge is 0.229 e. The summed E-state index contributed by atoms with van der Waals surface area (Å²) in [6.07, 6.45) is 2.85. The highest BCUT2D eigenvalue weighted by atomic mass is 32.2. The third-order valence-electron chi connectivity index (χ3n) is 4.23. The minimum absolute atomic E-state index is 0.0383. The molecule has 0 fully saturated rings. The van der Waals surface area contributed by atoms with Crippen LogP contribution in [0, 0.1) is 0 Å². The molecule has 0 amide bonds. The van der Waals surface area contributed by atoms with E-state index in [1.165, 1.54) is 0 Å². The predicted molar refractivity (Wildman–Crippen MR) is 108 cm³/mol. The van der Waals surface area contributed by atoms with Crippen molar-refractivity contribution in [3.63, 3.8) is 0 Å². The molecule has 2 aromatic carbocycles. The highest BCUT2D eigenvalue weighted by molar-refractivity contribution is 7.92. The summed E-state index contributed by atoms with van der Waals surface area (Å²) in [6.45, 7) is -0.0383. The number of aromatic nitrogens is 3. The number of fused-ring (bicyclic) bond motifs is 1. The zero-order chi connectivity index (χ0) is 19.7. The maximum atomic E-state index is 11.5. The number of aliphatic hydroxyl groups excluding tert-OH is 1. The summed E-state index contributed by atoms with van der Waals surface area (Å²) in [5, 5.41) is 14.1. The Balaban J connectivity index is 1.79. The van der Waals surface area contributed by atoms with E-state index in [1.54, 1.807) is 28.9 Å². The molecule has 8 heteroatoms. The van der Waals surface area contributed by atoms with E-state index < -0.39 is 10.0 Å². The van der Waals surface area contributed by atoms with E-state index in [-0.39, 0.29) is 6.61 Å². The Hall–Kier alpha value is -3.23. The molecule has 28 heavy (non-hydrogen) atoms. The van der Waals surface area contributed by atoms with Crippen molar-refractivity contribution in [1.29, 1.82) is 0 Å². The Kier molecular flexibility index (Phi) is 4.58. The van der Waals surface area contributed by atoms with Crippen LogP contribution in [0.15, 0.2) is 66.9 Å². The van der Waals surface area contributed by atoms with Crippen molar-refractivity contribution >= 4 is 21.4 Å². The van der Waals surface area contributed by atoms with E-state index in [1.807, 2.05) is 42.5 Å². The van der Waals surface area contributed by atoms with Crippen molar-refractivity contribution in [2.75, 3.05) is 11.0 Å². The number of hydrogen-bond acceptors (Lipinski definition) is 5. The molecule has 0 bridgehead atoms. The van der Waals surface area contributed by atoms with Crippen molar-refractivity contribution in [3.05, 3.63) is 72.4 Å². The first-order valence-electron chi connectivity index (χ1n) is 8.56. The second kappa shape index (κ2) is 7.06. The third kappa shape index (κ3) is 3.73. The molecule has 0 saturated carbocycles. The third-order valence-corrected chi connectivity index (χ3v) is 4.84. The molecule has 4 rings (SSSR count). The van der Waals surface area contributed by atoms with Crippen LogP contribution in [-0.2, 0) is 16.6 Å². The van der Waals surface area contributed by atoms with Gasteiger partial charge in [-0.25, -0.2) is 17.9 Å². The summed E-state index contributed by atoms with van der Waals surface area (Å²) in [6, 6.07) is 18.3. The van der Waals surface area contributed by atoms with Crippen LogP contribution in [0.3, 0.4) is 0 Å². The van der Waals surface area contributed by atoms with Gasteiger partial charge < -0.3 is 5.11 Å². The molecule has 2 aromatic heterocycles. The average molecular weight is 394 g/mol. The largest absolute Gasteiger partial charge is 0.392 e. The Morgan fingerprint density at radius 1 is 1.04 bits per heavy atom. The van der Waals surface area contributed by atoms with Crippen LogP contribution < -0.4 is 4.72 Å². The molecular weight excluding hydrogens is 376 g/mol. The molecule has 0 unspecified atom stereocenters. The van der Waals surface area contributed by atoms with Gasteiger partial charge in [0.1, 0.15) is 0 Å². The van der Waals surface area contributed by atoms with E-state index in [2.05, 4.69) is 14.8 Å². The minimum Gasteiger partial charge on any atom is -0.392 e. The fourth-order valence-corrected chi connectivity index (χ4v) is 3.56. The van der Waals surface area contributed by atoms with E-state index in [9.17, 15) is 13.5 Å². The number of imidazole rings is 1. The summed E-state index contributed by atoms with van der Waals surface area (Å²) in [5.74, 6) is 0. The first kappa shape index (κ1) is 18.1. The Bertz CT molecular complexity index is 1270. The number of aliphatic hydroxyl groups is 1. The zero-order valence-electron chi connectivity index (χ0n) is 15.1. The van der Waals surface area contributed by atoms with Gasteiger partial charge in [-0.2, -0.15) is 5.10 Å². The van der Waals surface area contributed by atoms with Gasteiger partial charge >= 0.3 is 0 Å². The van der Waals surface area contributed by atoms with Gasteiger partial charge in [0.2, 0.25) is 10.0 Å². The van der Waals surface area contributed by atoms with Gasteiger partial charge in [-0.15, -0.1) is 0 Å². The van der Waals surface area contributed by atoms with Crippen molar-refractivity contribution in [3.8, 4) is 22.5 Å². The van der Waals surface area contributed by atoms with Crippen LogP contribution in [0.4, 0.5) is 5.69 Å². The average Bonchev–Trinajstić information content (AvgIpc) is 3.10. The summed E-state index contributed by atoms with van der Waals surface area (Å²) < 4.78 is 27.2. The van der Waals surface area contributed by atoms with Gasteiger partial charge in [-0.3, -0.25) is 4.72 Å². The molecule has 142 valence electrons. The normalized spacial score (nSPS) is 11.6. The number of sulfonamides is 1. The van der Waals surface area contributed by atoms with Crippen molar-refractivity contribution < 1.29 is 13.5 Å². The Morgan fingerprint density at radius 2 is 1.82 bits per heavy atom. The first-order valence-corrected chi connectivity index (χ1v) is 10.5. The van der Waals surface area contributed by atoms with Crippen LogP contribution in [0.1, 0.15) is 5.56 Å². The lowest BCUT2D eigenvalue weighted by Gasteiger charge is -2.08. The molecule has 4 aromatic rings. The fraction of sp³-hybridized carbons (Fsp3) is 0.100. The number of hydrogen-bond donors (Lipinski definition) is 2. The predicted octanol–water partition coefficient (Wildman–Crippen LogP) is 2.93. The Labute approximate surface area is 162 Å². The minimum atomic E-state index is -3.36. The second-order valence-electron chi connectivity index (χ2n) is 6.45. The number of nitrogens with one attached hydrogen (secondary N) is 1. The quantitative estimate of drug-likeness (QED) is 0.542. The molecule has 0 atom stereocenters. The molecule has 0 aliphatic carbocycles. The highest BCUT2D eigenvalue weighted by Gasteiger charge is 2.10. The van der Waals surface area contributed by atoms with Crippen LogP contribution in [-0.4, -0.2) is 34.4 Å². The second-order valence-corrected chi connectivity index (χ2v) is 8.19. The monoisotopic (exact) mass is 394 g/mol. The lowest BCUT2D eigenvalue weighted by Crippen LogP contribution is -2.09. The van der Waals surface area contributed by atoms with Crippen molar-refractivity contribution in [1.82, 2.24) is 14.6 Å². The summed E-state index contributed by atoms with van der Waals surface area (Å²) >= 11 is 0. The molecule has 0 aliphatic rings. The number of nitrogens with zero attached hydrogens (tertiary/aromatic N) is 3. The Morgan fingerprint density at radius 3 is 2.61 bits per heavy atom. The fourth-order valence-electron chi connectivity index (χ4n) is 3.01. The lowest BCUT2D eigenvalue weighted by atomic mass is 10.1. The number of anilines is 1. The standard InChI is InChI=1S/C20H18N4O3S/c1-28(26,27)23-17-7-3-5-15(11-17)18-8-9-20-21-12-19(24(20)22-18)16-6-2-4-14(10-16)13-25/h2-12,23,25H,13H2,1H3. The van der Waals surface area contributed by atoms with Crippen LogP contribution in [0.25, 0.3) is 28.2 Å². The van der Waals surface area contributed by atoms with E-state index in [4.69, 9.17) is 0 Å². The topological polar surface area (TPSA) is 96.6 Å². The maximum Gasteiger partial charge on any atom is 0.229 e. The van der Waals surface area contributed by atoms with Crippen molar-refractivity contribution in [2.45, 2.75) is 6.61 Å². The molecule has 2 N–H and O–H groups in total. The van der Waals surface area contributed by atoms with E-state index in [0.29, 0.717) is 17.0 Å². The maximum absolute atomic E-state index is 11.5. The summed E-state index contributed by atoms with van der Waals surface area (Å²) in [7, 11) is -3.36. The molecular formula is C20H18N4O3S. The van der Waals surface area contributed by atoms with Crippen LogP contribution in [0.5, 0.6) is 0 Å². The van der Waals surface area contributed by atoms with Crippen LogP contribution in [0.2, 0.25) is 0 Å². The number of rotatable bonds is 5. The summed E-state index contributed by atoms with van der Waals surface area (Å²) in [5.41, 5.74) is 5.14. The van der Waals surface area contributed by atoms with Gasteiger partial charge in [0.05, 0.1) is 30.4 Å². The molecule has 0 spiro atoms. The van der Waals surface area contributed by atoms with Crippen LogP contribution >= 0.6 is 0 Å². The summed E-state index contributed by atoms with van der Waals surface area (Å²) in [4.78, 5) is 4.40. The number of benzene rings is 2. The van der Waals surface area contributed by atoms with Gasteiger partial charge in [0.25, 0.3) is 0 Å².